The average molecular weight is 268 g/mol. The number of carbonyl (C=O) groups excluding carboxylic acids is 1. The van der Waals surface area contributed by atoms with Gasteiger partial charge in [-0.15, -0.1) is 0 Å². The highest BCUT2D eigenvalue weighted by Gasteiger charge is 2.05. The van der Waals surface area contributed by atoms with Gasteiger partial charge in [0.2, 0.25) is 5.91 Å². The summed E-state index contributed by atoms with van der Waals surface area (Å²) >= 11 is 1.66. The second-order valence-electron chi connectivity index (χ2n) is 4.06. The number of nitrogens with two attached hydrogens (primary N) is 1. The zero-order chi connectivity index (χ0) is 13.4. The SMILES string of the molecule is Cc1ccc(N)cc1NC(=O)CCCSCCO. The van der Waals surface area contributed by atoms with Crippen LogP contribution in [0.5, 0.6) is 0 Å². The monoisotopic (exact) mass is 268 g/mol. The summed E-state index contributed by atoms with van der Waals surface area (Å²) in [7, 11) is 0. The third-order valence-electron chi connectivity index (χ3n) is 2.46. The summed E-state index contributed by atoms with van der Waals surface area (Å²) in [5.41, 5.74) is 8.11. The highest BCUT2D eigenvalue weighted by atomic mass is 32.2. The minimum absolute atomic E-state index is 0.00768. The molecule has 0 fully saturated rings. The van der Waals surface area contributed by atoms with Gasteiger partial charge in [-0.2, -0.15) is 11.8 Å². The zero-order valence-electron chi connectivity index (χ0n) is 10.6. The highest BCUT2D eigenvalue weighted by Crippen LogP contribution is 2.18. The van der Waals surface area contributed by atoms with Crippen LogP contribution in [0.25, 0.3) is 0 Å². The number of nitrogens with one attached hydrogen (secondary N) is 1. The van der Waals surface area contributed by atoms with E-state index >= 15 is 0 Å². The van der Waals surface area contributed by atoms with Crippen molar-refractivity contribution in [1.29, 1.82) is 0 Å². The topological polar surface area (TPSA) is 75.3 Å². The average Bonchev–Trinajstić information content (AvgIpc) is 2.33. The van der Waals surface area contributed by atoms with Crippen LogP contribution < -0.4 is 11.1 Å². The Hall–Kier alpha value is -1.20. The summed E-state index contributed by atoms with van der Waals surface area (Å²) in [4.78, 5) is 11.7. The van der Waals surface area contributed by atoms with Crippen molar-refractivity contribution in [3.8, 4) is 0 Å². The molecule has 100 valence electrons. The molecule has 1 amide bonds. The van der Waals surface area contributed by atoms with Crippen molar-refractivity contribution < 1.29 is 9.90 Å². The summed E-state index contributed by atoms with van der Waals surface area (Å²) in [5, 5.41) is 11.5. The Morgan fingerprint density at radius 1 is 1.44 bits per heavy atom. The molecule has 5 heteroatoms. The fraction of sp³-hybridized carbons (Fsp3) is 0.462. The van der Waals surface area contributed by atoms with E-state index in [9.17, 15) is 4.79 Å². The highest BCUT2D eigenvalue weighted by molar-refractivity contribution is 7.99. The number of aliphatic hydroxyl groups is 1. The van der Waals surface area contributed by atoms with Crippen molar-refractivity contribution in [1.82, 2.24) is 0 Å². The van der Waals surface area contributed by atoms with E-state index in [0.717, 1.165) is 29.2 Å². The van der Waals surface area contributed by atoms with Crippen molar-refractivity contribution in [3.05, 3.63) is 23.8 Å². The van der Waals surface area contributed by atoms with Crippen LogP contribution in [-0.4, -0.2) is 29.1 Å². The molecule has 0 aliphatic rings. The first-order valence-corrected chi connectivity index (χ1v) is 7.13. The fourth-order valence-corrected chi connectivity index (χ4v) is 2.17. The molecule has 0 bridgehead atoms. The number of anilines is 2. The van der Waals surface area contributed by atoms with E-state index in [2.05, 4.69) is 5.32 Å². The molecule has 18 heavy (non-hydrogen) atoms. The smallest absolute Gasteiger partial charge is 0.224 e. The Balaban J connectivity index is 2.33. The van der Waals surface area contributed by atoms with E-state index < -0.39 is 0 Å². The van der Waals surface area contributed by atoms with Crippen LogP contribution >= 0.6 is 11.8 Å². The Bertz CT molecular complexity index is 397. The molecule has 0 spiro atoms. The summed E-state index contributed by atoms with van der Waals surface area (Å²) < 4.78 is 0. The van der Waals surface area contributed by atoms with Crippen LogP contribution in [0.15, 0.2) is 18.2 Å². The number of hydrogen-bond donors (Lipinski definition) is 3. The molecule has 0 aliphatic heterocycles. The third-order valence-corrected chi connectivity index (χ3v) is 3.51. The normalized spacial score (nSPS) is 10.3. The van der Waals surface area contributed by atoms with Gasteiger partial charge in [0.25, 0.3) is 0 Å². The molecule has 4 N–H and O–H groups in total. The van der Waals surface area contributed by atoms with Crippen LogP contribution in [0.1, 0.15) is 18.4 Å². The molecule has 0 saturated carbocycles. The second-order valence-corrected chi connectivity index (χ2v) is 5.29. The molecule has 0 atom stereocenters. The molecule has 0 saturated heterocycles. The Morgan fingerprint density at radius 2 is 2.22 bits per heavy atom. The maximum atomic E-state index is 11.7. The van der Waals surface area contributed by atoms with Crippen LogP contribution in [0, 0.1) is 6.92 Å². The zero-order valence-corrected chi connectivity index (χ0v) is 11.4. The number of benzene rings is 1. The molecule has 0 aliphatic carbocycles. The van der Waals surface area contributed by atoms with Gasteiger partial charge in [0.05, 0.1) is 6.61 Å². The van der Waals surface area contributed by atoms with Gasteiger partial charge in [-0.25, -0.2) is 0 Å². The summed E-state index contributed by atoms with van der Waals surface area (Å²) in [6.45, 7) is 2.13. The Morgan fingerprint density at radius 3 is 2.94 bits per heavy atom. The first kappa shape index (κ1) is 14.9. The van der Waals surface area contributed by atoms with Crippen molar-refractivity contribution >= 4 is 29.0 Å². The van der Waals surface area contributed by atoms with E-state index in [0.29, 0.717) is 12.1 Å². The van der Waals surface area contributed by atoms with Gasteiger partial charge in [-0.1, -0.05) is 6.07 Å². The first-order valence-electron chi connectivity index (χ1n) is 5.98. The lowest BCUT2D eigenvalue weighted by atomic mass is 10.1. The number of carbonyl (C=O) groups is 1. The number of aryl methyl sites for hydroxylation is 1. The van der Waals surface area contributed by atoms with E-state index in [1.807, 2.05) is 19.1 Å². The van der Waals surface area contributed by atoms with Crippen LogP contribution in [0.3, 0.4) is 0 Å². The molecular formula is C13H20N2O2S. The number of aliphatic hydroxyl groups excluding tert-OH is 1. The molecule has 0 radical (unpaired) electrons. The van der Waals surface area contributed by atoms with E-state index in [-0.39, 0.29) is 12.5 Å². The minimum atomic E-state index is 0.00768. The minimum Gasteiger partial charge on any atom is -0.399 e. The molecule has 1 aromatic rings. The van der Waals surface area contributed by atoms with Crippen LogP contribution in [-0.2, 0) is 4.79 Å². The summed E-state index contributed by atoms with van der Waals surface area (Å²) in [6, 6.07) is 5.48. The van der Waals surface area contributed by atoms with Crippen molar-refractivity contribution in [3.63, 3.8) is 0 Å². The Labute approximate surface area is 112 Å². The van der Waals surface area contributed by atoms with Crippen molar-refractivity contribution in [2.45, 2.75) is 19.8 Å². The lowest BCUT2D eigenvalue weighted by Crippen LogP contribution is -2.12. The van der Waals surface area contributed by atoms with Gasteiger partial charge < -0.3 is 16.2 Å². The molecule has 0 aromatic heterocycles. The molecule has 1 aromatic carbocycles. The van der Waals surface area contributed by atoms with Gasteiger partial charge in [-0.3, -0.25) is 4.79 Å². The van der Waals surface area contributed by atoms with Gasteiger partial charge >= 0.3 is 0 Å². The van der Waals surface area contributed by atoms with E-state index in [1.54, 1.807) is 17.8 Å². The van der Waals surface area contributed by atoms with Crippen molar-refractivity contribution in [2.24, 2.45) is 0 Å². The predicted octanol–water partition coefficient (Wildman–Crippen LogP) is 2.02. The lowest BCUT2D eigenvalue weighted by Gasteiger charge is -2.09. The number of thioether (sulfide) groups is 1. The van der Waals surface area contributed by atoms with Gasteiger partial charge in [0.1, 0.15) is 0 Å². The number of nitrogen functional groups attached to an aromatic ring is 1. The molecular weight excluding hydrogens is 248 g/mol. The van der Waals surface area contributed by atoms with Crippen LogP contribution in [0.2, 0.25) is 0 Å². The summed E-state index contributed by atoms with van der Waals surface area (Å²) in [5.74, 6) is 1.63. The van der Waals surface area contributed by atoms with Gasteiger partial charge in [-0.05, 0) is 36.8 Å². The predicted molar refractivity (Wildman–Crippen MR) is 77.9 cm³/mol. The van der Waals surface area contributed by atoms with Crippen molar-refractivity contribution in [2.75, 3.05) is 29.2 Å². The molecule has 4 nitrogen and oxygen atoms in total. The quantitative estimate of drug-likeness (QED) is 0.522. The molecule has 1 rings (SSSR count). The molecule has 0 unspecified atom stereocenters. The largest absolute Gasteiger partial charge is 0.399 e. The summed E-state index contributed by atoms with van der Waals surface area (Å²) in [6.07, 6.45) is 1.31. The van der Waals surface area contributed by atoms with Gasteiger partial charge in [0, 0.05) is 23.5 Å². The number of hydrogen-bond acceptors (Lipinski definition) is 4. The van der Waals surface area contributed by atoms with E-state index in [1.165, 1.54) is 0 Å². The number of amides is 1. The number of rotatable bonds is 7. The maximum Gasteiger partial charge on any atom is 0.224 e. The fourth-order valence-electron chi connectivity index (χ4n) is 1.49. The standard InChI is InChI=1S/C13H20N2O2S/c1-10-4-5-11(14)9-12(10)15-13(17)3-2-7-18-8-6-16/h4-5,9,16H,2-3,6-8,14H2,1H3,(H,15,17). The van der Waals surface area contributed by atoms with Gasteiger partial charge in [0.15, 0.2) is 0 Å². The second kappa shape index (κ2) is 8.00. The first-order chi connectivity index (χ1) is 8.63. The molecule has 0 heterocycles. The maximum absolute atomic E-state index is 11.7. The van der Waals surface area contributed by atoms with E-state index in [4.69, 9.17) is 10.8 Å². The van der Waals surface area contributed by atoms with Crippen LogP contribution in [0.4, 0.5) is 11.4 Å². The Kier molecular flexibility index (Phi) is 6.60. The third kappa shape index (κ3) is 5.42. The lowest BCUT2D eigenvalue weighted by molar-refractivity contribution is -0.116.